The molecule has 9 heteroatoms. The van der Waals surface area contributed by atoms with Gasteiger partial charge in [0.05, 0.1) is 11.9 Å². The Bertz CT molecular complexity index is 1480. The number of esters is 1. The highest BCUT2D eigenvalue weighted by Crippen LogP contribution is 2.29. The highest BCUT2D eigenvalue weighted by molar-refractivity contribution is 5.90. The van der Waals surface area contributed by atoms with Gasteiger partial charge in [-0.2, -0.15) is 10.1 Å². The maximum Gasteiger partial charge on any atom is 0.320 e. The van der Waals surface area contributed by atoms with Crippen LogP contribution >= 0.6 is 0 Å². The summed E-state index contributed by atoms with van der Waals surface area (Å²) in [5.41, 5.74) is 6.99. The van der Waals surface area contributed by atoms with E-state index in [0.29, 0.717) is 12.5 Å². The fourth-order valence-corrected chi connectivity index (χ4v) is 4.83. The van der Waals surface area contributed by atoms with E-state index in [1.807, 2.05) is 40.0 Å². The lowest BCUT2D eigenvalue weighted by Crippen LogP contribution is -2.37. The van der Waals surface area contributed by atoms with E-state index >= 15 is 0 Å². The molecule has 198 valence electrons. The third-order valence-electron chi connectivity index (χ3n) is 6.63. The van der Waals surface area contributed by atoms with Crippen LogP contribution in [0.15, 0.2) is 42.6 Å². The SMILES string of the molecule is Cc1cccc(C)c1Nc1nn(C)c2nc(Nc3ccc4c(c3)CN(CC(=O)OC(C)(C)C)CC4)ncc12. The van der Waals surface area contributed by atoms with Crippen molar-refractivity contribution >= 4 is 40.1 Å². The van der Waals surface area contributed by atoms with Crippen LogP contribution in [-0.2, 0) is 29.5 Å². The first-order valence-corrected chi connectivity index (χ1v) is 12.9. The second-order valence-corrected chi connectivity index (χ2v) is 11.0. The molecule has 0 bridgehead atoms. The maximum atomic E-state index is 12.3. The number of hydrogen-bond donors (Lipinski definition) is 2. The number of nitrogens with zero attached hydrogens (tertiary/aromatic N) is 5. The van der Waals surface area contributed by atoms with Crippen LogP contribution < -0.4 is 10.6 Å². The summed E-state index contributed by atoms with van der Waals surface area (Å²) in [6.45, 7) is 11.6. The summed E-state index contributed by atoms with van der Waals surface area (Å²) in [5, 5.41) is 12.3. The molecule has 0 radical (unpaired) electrons. The van der Waals surface area contributed by atoms with Crippen LogP contribution in [0.3, 0.4) is 0 Å². The van der Waals surface area contributed by atoms with Gasteiger partial charge in [-0.15, -0.1) is 0 Å². The van der Waals surface area contributed by atoms with Crippen LogP contribution in [0.4, 0.5) is 23.1 Å². The van der Waals surface area contributed by atoms with E-state index in [4.69, 9.17) is 9.72 Å². The first-order valence-electron chi connectivity index (χ1n) is 12.9. The van der Waals surface area contributed by atoms with E-state index < -0.39 is 5.60 Å². The minimum Gasteiger partial charge on any atom is -0.459 e. The zero-order chi connectivity index (χ0) is 27.0. The van der Waals surface area contributed by atoms with Crippen LogP contribution in [0, 0.1) is 13.8 Å². The normalized spacial score (nSPS) is 13.8. The Morgan fingerprint density at radius 1 is 1.08 bits per heavy atom. The second-order valence-electron chi connectivity index (χ2n) is 11.0. The molecule has 0 aliphatic carbocycles. The molecule has 1 aliphatic heterocycles. The van der Waals surface area contributed by atoms with Gasteiger partial charge in [0, 0.05) is 37.7 Å². The summed E-state index contributed by atoms with van der Waals surface area (Å²) < 4.78 is 7.26. The number of carbonyl (C=O) groups excluding carboxylic acids is 1. The van der Waals surface area contributed by atoms with Crippen molar-refractivity contribution in [3.05, 3.63) is 64.8 Å². The van der Waals surface area contributed by atoms with Gasteiger partial charge >= 0.3 is 5.97 Å². The third-order valence-corrected chi connectivity index (χ3v) is 6.63. The van der Waals surface area contributed by atoms with Crippen molar-refractivity contribution in [1.29, 1.82) is 0 Å². The summed E-state index contributed by atoms with van der Waals surface area (Å²) in [4.78, 5) is 23.8. The molecule has 0 amide bonds. The molecule has 9 nitrogen and oxygen atoms in total. The van der Waals surface area contributed by atoms with Crippen molar-refractivity contribution in [1.82, 2.24) is 24.6 Å². The van der Waals surface area contributed by atoms with Gasteiger partial charge in [0.2, 0.25) is 5.95 Å². The predicted octanol–water partition coefficient (Wildman–Crippen LogP) is 5.17. The number of aryl methyl sites for hydroxylation is 3. The standard InChI is InChI=1S/C29H35N7O2/c1-18-8-7-9-19(2)25(18)32-26-23-15-30-28(33-27(23)35(6)34-26)31-22-11-10-20-12-13-36(16-21(20)14-22)17-24(37)38-29(3,4)5/h7-11,14-15H,12-13,16-17H2,1-6H3,(H,32,34)(H,30,31,33). The van der Waals surface area contributed by atoms with Crippen LogP contribution in [0.1, 0.15) is 43.0 Å². The number of carbonyl (C=O) groups is 1. The number of anilines is 4. The Labute approximate surface area is 223 Å². The minimum absolute atomic E-state index is 0.195. The van der Waals surface area contributed by atoms with Gasteiger partial charge in [0.15, 0.2) is 11.5 Å². The molecule has 3 heterocycles. The third kappa shape index (κ3) is 5.62. The van der Waals surface area contributed by atoms with Crippen molar-refractivity contribution in [2.45, 2.75) is 53.2 Å². The average Bonchev–Trinajstić information content (AvgIpc) is 3.14. The Balaban J connectivity index is 1.32. The molecule has 1 aliphatic rings. The van der Waals surface area contributed by atoms with Crippen LogP contribution in [-0.4, -0.2) is 49.3 Å². The molecular weight excluding hydrogens is 478 g/mol. The fraction of sp³-hybridized carbons (Fsp3) is 0.379. The van der Waals surface area contributed by atoms with E-state index in [1.165, 1.54) is 11.1 Å². The fourth-order valence-electron chi connectivity index (χ4n) is 4.83. The van der Waals surface area contributed by atoms with Gasteiger partial charge in [-0.1, -0.05) is 24.3 Å². The van der Waals surface area contributed by atoms with Gasteiger partial charge in [0.25, 0.3) is 0 Å². The summed E-state index contributed by atoms with van der Waals surface area (Å²) in [6.07, 6.45) is 2.70. The first-order chi connectivity index (χ1) is 18.1. The maximum absolute atomic E-state index is 12.3. The van der Waals surface area contributed by atoms with Crippen molar-refractivity contribution in [3.63, 3.8) is 0 Å². The lowest BCUT2D eigenvalue weighted by Gasteiger charge is -2.29. The van der Waals surface area contributed by atoms with Crippen LogP contribution in [0.2, 0.25) is 0 Å². The number of benzene rings is 2. The van der Waals surface area contributed by atoms with E-state index in [2.05, 4.69) is 63.7 Å². The van der Waals surface area contributed by atoms with Crippen LogP contribution in [0.5, 0.6) is 0 Å². The molecule has 5 rings (SSSR count). The van der Waals surface area contributed by atoms with Gasteiger partial charge in [-0.25, -0.2) is 9.67 Å². The molecular formula is C29H35N7O2. The van der Waals surface area contributed by atoms with E-state index in [9.17, 15) is 4.79 Å². The highest BCUT2D eigenvalue weighted by Gasteiger charge is 2.23. The molecule has 0 saturated carbocycles. The largest absolute Gasteiger partial charge is 0.459 e. The number of fused-ring (bicyclic) bond motifs is 2. The number of nitrogens with one attached hydrogen (secondary N) is 2. The molecule has 0 fully saturated rings. The van der Waals surface area contributed by atoms with Gasteiger partial charge in [0.1, 0.15) is 5.60 Å². The molecule has 0 saturated heterocycles. The number of para-hydroxylation sites is 1. The Hall–Kier alpha value is -3.98. The van der Waals surface area contributed by atoms with Crippen molar-refractivity contribution in [3.8, 4) is 0 Å². The van der Waals surface area contributed by atoms with Gasteiger partial charge < -0.3 is 15.4 Å². The van der Waals surface area contributed by atoms with Crippen molar-refractivity contribution < 1.29 is 9.53 Å². The van der Waals surface area contributed by atoms with E-state index in [-0.39, 0.29) is 12.5 Å². The summed E-state index contributed by atoms with van der Waals surface area (Å²) in [6, 6.07) is 12.5. The minimum atomic E-state index is -0.479. The lowest BCUT2D eigenvalue weighted by atomic mass is 9.99. The lowest BCUT2D eigenvalue weighted by molar-refractivity contribution is -0.156. The second kappa shape index (κ2) is 10.1. The van der Waals surface area contributed by atoms with Gasteiger partial charge in [-0.05, 0) is 75.4 Å². The topological polar surface area (TPSA) is 97.2 Å². The molecule has 0 atom stereocenters. The molecule has 2 N–H and O–H groups in total. The highest BCUT2D eigenvalue weighted by atomic mass is 16.6. The summed E-state index contributed by atoms with van der Waals surface area (Å²) >= 11 is 0. The Morgan fingerprint density at radius 3 is 2.58 bits per heavy atom. The predicted molar refractivity (Wildman–Crippen MR) is 150 cm³/mol. The summed E-state index contributed by atoms with van der Waals surface area (Å²) in [5.74, 6) is 1.03. The van der Waals surface area contributed by atoms with Crippen molar-refractivity contribution in [2.24, 2.45) is 7.05 Å². The smallest absolute Gasteiger partial charge is 0.320 e. The van der Waals surface area contributed by atoms with Crippen LogP contribution in [0.25, 0.3) is 11.0 Å². The van der Waals surface area contributed by atoms with Gasteiger partial charge in [-0.3, -0.25) is 9.69 Å². The average molecular weight is 514 g/mol. The number of rotatable bonds is 6. The first kappa shape index (κ1) is 25.7. The quantitative estimate of drug-likeness (QED) is 0.341. The molecule has 2 aromatic carbocycles. The van der Waals surface area contributed by atoms with E-state index in [0.717, 1.165) is 52.3 Å². The number of ether oxygens (including phenoxy) is 1. The monoisotopic (exact) mass is 513 g/mol. The molecule has 38 heavy (non-hydrogen) atoms. The van der Waals surface area contributed by atoms with Crippen molar-refractivity contribution in [2.75, 3.05) is 23.7 Å². The van der Waals surface area contributed by atoms with E-state index in [1.54, 1.807) is 10.9 Å². The zero-order valence-corrected chi connectivity index (χ0v) is 22.9. The Morgan fingerprint density at radius 2 is 1.84 bits per heavy atom. The number of aromatic nitrogens is 4. The molecule has 4 aromatic rings. The molecule has 2 aromatic heterocycles. The molecule has 0 spiro atoms. The molecule has 0 unspecified atom stereocenters. The summed E-state index contributed by atoms with van der Waals surface area (Å²) in [7, 11) is 1.88. The Kier molecular flexibility index (Phi) is 6.79. The number of hydrogen-bond acceptors (Lipinski definition) is 8. The zero-order valence-electron chi connectivity index (χ0n) is 22.9.